The molecule has 0 bridgehead atoms. The van der Waals surface area contributed by atoms with E-state index in [0.717, 1.165) is 28.0 Å². The lowest BCUT2D eigenvalue weighted by atomic mass is 10.2. The van der Waals surface area contributed by atoms with E-state index in [0.29, 0.717) is 24.7 Å². The Balaban J connectivity index is 2.03. The molecule has 7 heteroatoms. The molecule has 27 heavy (non-hydrogen) atoms. The van der Waals surface area contributed by atoms with E-state index < -0.39 is 0 Å². The van der Waals surface area contributed by atoms with E-state index >= 15 is 0 Å². The van der Waals surface area contributed by atoms with Gasteiger partial charge in [-0.25, -0.2) is 0 Å². The third-order valence-electron chi connectivity index (χ3n) is 3.95. The van der Waals surface area contributed by atoms with Crippen molar-refractivity contribution in [3.63, 3.8) is 0 Å². The van der Waals surface area contributed by atoms with Gasteiger partial charge in [-0.15, -0.1) is 10.2 Å². The third kappa shape index (κ3) is 4.43. The second kappa shape index (κ2) is 9.43. The number of rotatable bonds is 9. The van der Waals surface area contributed by atoms with Crippen molar-refractivity contribution in [1.29, 1.82) is 0 Å². The summed E-state index contributed by atoms with van der Waals surface area (Å²) in [7, 11) is 3.25. The summed E-state index contributed by atoms with van der Waals surface area (Å²) < 4.78 is 18.3. The summed E-state index contributed by atoms with van der Waals surface area (Å²) >= 11 is 1.61. The van der Waals surface area contributed by atoms with Crippen LogP contribution < -0.4 is 9.47 Å². The molecule has 142 valence electrons. The van der Waals surface area contributed by atoms with Gasteiger partial charge < -0.3 is 14.2 Å². The number of hydrogen-bond donors (Lipinski definition) is 0. The minimum atomic E-state index is 0.660. The zero-order chi connectivity index (χ0) is 19.1. The van der Waals surface area contributed by atoms with E-state index in [1.807, 2.05) is 60.0 Å². The van der Waals surface area contributed by atoms with E-state index in [2.05, 4.69) is 10.2 Å². The third-order valence-corrected chi connectivity index (χ3v) is 4.85. The van der Waals surface area contributed by atoms with Gasteiger partial charge in [-0.05, 0) is 19.1 Å². The van der Waals surface area contributed by atoms with Gasteiger partial charge in [0.25, 0.3) is 0 Å². The van der Waals surface area contributed by atoms with Gasteiger partial charge >= 0.3 is 0 Å². The lowest BCUT2D eigenvalue weighted by molar-refractivity contribution is 0.164. The maximum absolute atomic E-state index is 5.47. The second-order valence-electron chi connectivity index (χ2n) is 5.59. The Labute approximate surface area is 163 Å². The molecule has 0 aliphatic heterocycles. The smallest absolute Gasteiger partial charge is 0.196 e. The van der Waals surface area contributed by atoms with E-state index in [1.165, 1.54) is 0 Å². The monoisotopic (exact) mass is 385 g/mol. The fourth-order valence-electron chi connectivity index (χ4n) is 2.67. The number of methoxy groups -OCH3 is 2. The van der Waals surface area contributed by atoms with Gasteiger partial charge in [-0.1, -0.05) is 42.1 Å². The molecular formula is C20H23N3O3S. The summed E-state index contributed by atoms with van der Waals surface area (Å²) in [6.45, 7) is 3.36. The molecule has 0 saturated carbocycles. The molecule has 2 aromatic carbocycles. The van der Waals surface area contributed by atoms with Crippen LogP contribution in [0, 0.1) is 0 Å². The Morgan fingerprint density at radius 2 is 1.74 bits per heavy atom. The summed E-state index contributed by atoms with van der Waals surface area (Å²) in [5.74, 6) is 2.92. The van der Waals surface area contributed by atoms with Crippen molar-refractivity contribution in [3.05, 3.63) is 48.5 Å². The van der Waals surface area contributed by atoms with E-state index in [4.69, 9.17) is 14.2 Å². The lowest BCUT2D eigenvalue weighted by Gasteiger charge is -2.13. The molecule has 1 heterocycles. The van der Waals surface area contributed by atoms with Crippen molar-refractivity contribution in [2.75, 3.05) is 33.2 Å². The van der Waals surface area contributed by atoms with Gasteiger partial charge in [0, 0.05) is 24.0 Å². The predicted octanol–water partition coefficient (Wildman–Crippen LogP) is 4.08. The molecule has 0 saturated heterocycles. The summed E-state index contributed by atoms with van der Waals surface area (Å²) in [5, 5.41) is 9.66. The Morgan fingerprint density at radius 1 is 0.963 bits per heavy atom. The summed E-state index contributed by atoms with van der Waals surface area (Å²) in [6.07, 6.45) is 0. The van der Waals surface area contributed by atoms with Crippen LogP contribution in [0.1, 0.15) is 6.92 Å². The SMILES string of the molecule is CCOCCSc1nnc(-c2ccccc2)n1-c1ccc(OC)c(OC)c1. The molecule has 0 unspecified atom stereocenters. The molecule has 3 rings (SSSR count). The zero-order valence-corrected chi connectivity index (χ0v) is 16.5. The van der Waals surface area contributed by atoms with Crippen molar-refractivity contribution in [2.45, 2.75) is 12.1 Å². The highest BCUT2D eigenvalue weighted by Gasteiger charge is 2.17. The van der Waals surface area contributed by atoms with Gasteiger partial charge in [0.1, 0.15) is 0 Å². The maximum atomic E-state index is 5.47. The number of thioether (sulfide) groups is 1. The molecule has 0 fully saturated rings. The average molecular weight is 385 g/mol. The standard InChI is InChI=1S/C20H23N3O3S/c1-4-26-12-13-27-20-22-21-19(15-8-6-5-7-9-15)23(20)16-10-11-17(24-2)18(14-16)25-3/h5-11,14H,4,12-13H2,1-3H3. The van der Waals surface area contributed by atoms with E-state index in [1.54, 1.807) is 26.0 Å². The number of nitrogens with zero attached hydrogens (tertiary/aromatic N) is 3. The molecule has 0 aliphatic carbocycles. The first kappa shape index (κ1) is 19.3. The van der Waals surface area contributed by atoms with Gasteiger partial charge in [-0.3, -0.25) is 4.57 Å². The number of ether oxygens (including phenoxy) is 3. The van der Waals surface area contributed by atoms with Crippen LogP contribution >= 0.6 is 11.8 Å². The molecule has 1 aromatic heterocycles. The van der Waals surface area contributed by atoms with Gasteiger partial charge in [0.2, 0.25) is 0 Å². The Morgan fingerprint density at radius 3 is 2.44 bits per heavy atom. The Hall–Kier alpha value is -2.51. The van der Waals surface area contributed by atoms with Gasteiger partial charge in [0.15, 0.2) is 22.5 Å². The second-order valence-corrected chi connectivity index (χ2v) is 6.65. The largest absolute Gasteiger partial charge is 0.493 e. The fourth-order valence-corrected chi connectivity index (χ4v) is 3.47. The van der Waals surface area contributed by atoms with E-state index in [9.17, 15) is 0 Å². The van der Waals surface area contributed by atoms with Gasteiger partial charge in [0.05, 0.1) is 26.5 Å². The highest BCUT2D eigenvalue weighted by atomic mass is 32.2. The predicted molar refractivity (Wildman–Crippen MR) is 107 cm³/mol. The molecule has 0 N–H and O–H groups in total. The van der Waals surface area contributed by atoms with Gasteiger partial charge in [-0.2, -0.15) is 0 Å². The molecule has 6 nitrogen and oxygen atoms in total. The number of hydrogen-bond acceptors (Lipinski definition) is 6. The normalized spacial score (nSPS) is 10.8. The number of benzene rings is 2. The summed E-state index contributed by atoms with van der Waals surface area (Å²) in [4.78, 5) is 0. The molecule has 0 aliphatic rings. The Kier molecular flexibility index (Phi) is 6.73. The minimum Gasteiger partial charge on any atom is -0.493 e. The van der Waals surface area contributed by atoms with Crippen molar-refractivity contribution < 1.29 is 14.2 Å². The van der Waals surface area contributed by atoms with Crippen LogP contribution in [0.4, 0.5) is 0 Å². The number of aromatic nitrogens is 3. The van der Waals surface area contributed by atoms with Crippen LogP contribution in [0.25, 0.3) is 17.1 Å². The molecule has 0 radical (unpaired) electrons. The minimum absolute atomic E-state index is 0.660. The zero-order valence-electron chi connectivity index (χ0n) is 15.7. The average Bonchev–Trinajstić information content (AvgIpc) is 3.15. The topological polar surface area (TPSA) is 58.4 Å². The highest BCUT2D eigenvalue weighted by Crippen LogP contribution is 2.33. The molecule has 0 spiro atoms. The van der Waals surface area contributed by atoms with Crippen LogP contribution in [-0.2, 0) is 4.74 Å². The van der Waals surface area contributed by atoms with Crippen LogP contribution in [0.5, 0.6) is 11.5 Å². The fraction of sp³-hybridized carbons (Fsp3) is 0.300. The van der Waals surface area contributed by atoms with Crippen molar-refractivity contribution in [3.8, 4) is 28.6 Å². The van der Waals surface area contributed by atoms with Crippen molar-refractivity contribution in [2.24, 2.45) is 0 Å². The van der Waals surface area contributed by atoms with Crippen LogP contribution in [0.2, 0.25) is 0 Å². The molecule has 0 amide bonds. The van der Waals surface area contributed by atoms with Crippen LogP contribution in [0.15, 0.2) is 53.7 Å². The van der Waals surface area contributed by atoms with Crippen molar-refractivity contribution in [1.82, 2.24) is 14.8 Å². The lowest BCUT2D eigenvalue weighted by Crippen LogP contribution is -2.03. The molecule has 0 atom stereocenters. The maximum Gasteiger partial charge on any atom is 0.196 e. The van der Waals surface area contributed by atoms with Crippen LogP contribution in [-0.4, -0.2) is 48.0 Å². The summed E-state index contributed by atoms with van der Waals surface area (Å²) in [5.41, 5.74) is 1.91. The quantitative estimate of drug-likeness (QED) is 0.409. The van der Waals surface area contributed by atoms with Crippen molar-refractivity contribution >= 4 is 11.8 Å². The first-order valence-corrected chi connectivity index (χ1v) is 9.70. The molecule has 3 aromatic rings. The first-order valence-electron chi connectivity index (χ1n) is 8.72. The Bertz CT molecular complexity index is 868. The first-order chi connectivity index (χ1) is 13.3. The highest BCUT2D eigenvalue weighted by molar-refractivity contribution is 7.99. The molecular weight excluding hydrogens is 362 g/mol. The summed E-state index contributed by atoms with van der Waals surface area (Å²) in [6, 6.07) is 15.8. The van der Waals surface area contributed by atoms with Crippen LogP contribution in [0.3, 0.4) is 0 Å². The van der Waals surface area contributed by atoms with E-state index in [-0.39, 0.29) is 0 Å².